The number of urea groups is 1. The van der Waals surface area contributed by atoms with E-state index in [4.69, 9.17) is 9.47 Å². The van der Waals surface area contributed by atoms with Crippen LogP contribution in [0.5, 0.6) is 0 Å². The number of ether oxygens (including phenoxy) is 2. The van der Waals surface area contributed by atoms with Gasteiger partial charge in [-0.15, -0.1) is 0 Å². The zero-order valence-corrected chi connectivity index (χ0v) is 16.0. The first-order valence-corrected chi connectivity index (χ1v) is 9.75. The lowest BCUT2D eigenvalue weighted by Crippen LogP contribution is -2.48. The summed E-state index contributed by atoms with van der Waals surface area (Å²) in [7, 11) is 0. The summed E-state index contributed by atoms with van der Waals surface area (Å²) in [5, 5.41) is 5.92. The van der Waals surface area contributed by atoms with E-state index in [0.717, 1.165) is 11.1 Å². The molecule has 28 heavy (non-hydrogen) atoms. The highest BCUT2D eigenvalue weighted by atomic mass is 16.6. The van der Waals surface area contributed by atoms with E-state index in [1.807, 2.05) is 43.3 Å². The topological polar surface area (TPSA) is 59.6 Å². The minimum atomic E-state index is -0.192. The third-order valence-corrected chi connectivity index (χ3v) is 5.28. The van der Waals surface area contributed by atoms with Gasteiger partial charge in [-0.3, -0.25) is 0 Å². The van der Waals surface area contributed by atoms with Gasteiger partial charge < -0.3 is 20.1 Å². The number of hydrogen-bond donors (Lipinski definition) is 2. The Morgan fingerprint density at radius 2 is 1.89 bits per heavy atom. The molecule has 5 nitrogen and oxygen atoms in total. The normalized spacial score (nSPS) is 26.3. The third kappa shape index (κ3) is 4.43. The van der Waals surface area contributed by atoms with Crippen LogP contribution in [0.3, 0.4) is 0 Å². The third-order valence-electron chi connectivity index (χ3n) is 5.28. The molecule has 2 aliphatic rings. The Labute approximate surface area is 165 Å². The first-order valence-electron chi connectivity index (χ1n) is 9.75. The summed E-state index contributed by atoms with van der Waals surface area (Å²) in [5.74, 6) is 0.201. The zero-order chi connectivity index (χ0) is 19.3. The van der Waals surface area contributed by atoms with Gasteiger partial charge in [0.05, 0.1) is 25.4 Å². The van der Waals surface area contributed by atoms with Gasteiger partial charge in [-0.2, -0.15) is 0 Å². The van der Waals surface area contributed by atoms with Crippen molar-refractivity contribution in [1.82, 2.24) is 10.6 Å². The molecule has 2 aromatic rings. The van der Waals surface area contributed by atoms with Gasteiger partial charge in [-0.1, -0.05) is 72.3 Å². The number of nitrogens with one attached hydrogen (secondary N) is 2. The Morgan fingerprint density at radius 1 is 1.07 bits per heavy atom. The Hall–Kier alpha value is -2.63. The van der Waals surface area contributed by atoms with Gasteiger partial charge >= 0.3 is 6.03 Å². The predicted octanol–water partition coefficient (Wildman–Crippen LogP) is 3.29. The number of fused-ring (bicyclic) bond motifs is 1. The molecule has 4 rings (SSSR count). The molecule has 4 atom stereocenters. The maximum absolute atomic E-state index is 12.3. The number of aryl methyl sites for hydroxylation is 1. The molecule has 2 aliphatic heterocycles. The number of hydrogen-bond acceptors (Lipinski definition) is 3. The summed E-state index contributed by atoms with van der Waals surface area (Å²) >= 11 is 0. The van der Waals surface area contributed by atoms with Crippen LogP contribution in [0.4, 0.5) is 4.79 Å². The van der Waals surface area contributed by atoms with Gasteiger partial charge in [0.1, 0.15) is 6.10 Å². The predicted molar refractivity (Wildman–Crippen MR) is 109 cm³/mol. The van der Waals surface area contributed by atoms with Crippen LogP contribution in [0.2, 0.25) is 0 Å². The van der Waals surface area contributed by atoms with Gasteiger partial charge in [0, 0.05) is 12.5 Å². The van der Waals surface area contributed by atoms with E-state index in [1.54, 1.807) is 0 Å². The highest BCUT2D eigenvalue weighted by Crippen LogP contribution is 2.32. The van der Waals surface area contributed by atoms with E-state index in [1.165, 1.54) is 5.56 Å². The number of carbonyl (C=O) groups is 1. The van der Waals surface area contributed by atoms with E-state index in [0.29, 0.717) is 19.8 Å². The smallest absolute Gasteiger partial charge is 0.315 e. The van der Waals surface area contributed by atoms with Crippen LogP contribution < -0.4 is 10.6 Å². The van der Waals surface area contributed by atoms with Crippen molar-refractivity contribution >= 4 is 12.1 Å². The molecular formula is C23H26N2O3. The lowest BCUT2D eigenvalue weighted by molar-refractivity contribution is 0.0661. The molecule has 2 fully saturated rings. The number of rotatable bonds is 5. The summed E-state index contributed by atoms with van der Waals surface area (Å²) in [6, 6.07) is 18.0. The van der Waals surface area contributed by atoms with Gasteiger partial charge in [0.15, 0.2) is 0 Å². The molecule has 0 spiro atoms. The van der Waals surface area contributed by atoms with Gasteiger partial charge in [-0.05, 0) is 18.1 Å². The molecule has 146 valence electrons. The molecule has 2 heterocycles. The van der Waals surface area contributed by atoms with Crippen molar-refractivity contribution in [3.8, 4) is 0 Å². The van der Waals surface area contributed by atoms with Gasteiger partial charge in [0.25, 0.3) is 0 Å². The molecule has 0 radical (unpaired) electrons. The van der Waals surface area contributed by atoms with Gasteiger partial charge in [0.2, 0.25) is 0 Å². The quantitative estimate of drug-likeness (QED) is 0.839. The second-order valence-corrected chi connectivity index (χ2v) is 7.45. The van der Waals surface area contributed by atoms with Crippen LogP contribution in [0.15, 0.2) is 60.7 Å². The highest BCUT2D eigenvalue weighted by molar-refractivity contribution is 5.74. The van der Waals surface area contributed by atoms with Crippen molar-refractivity contribution in [2.75, 3.05) is 13.2 Å². The summed E-state index contributed by atoms with van der Waals surface area (Å²) in [5.41, 5.74) is 3.42. The maximum atomic E-state index is 12.3. The van der Waals surface area contributed by atoms with E-state index < -0.39 is 0 Å². The standard InChI is InChI=1S/C23H26N2O3/c1-16-6-5-9-18(12-16)13-24-23(26)25-20-15-28-21-19(14-27-22(20)21)11-10-17-7-3-2-4-8-17/h2-12,19-22H,13-15H2,1H3,(H2,24,25,26)/b11-10-/t19-,20+,21?,22-/m1/s1. The van der Waals surface area contributed by atoms with Crippen LogP contribution in [-0.2, 0) is 16.0 Å². The number of carbonyl (C=O) groups excluding carboxylic acids is 1. The fourth-order valence-corrected chi connectivity index (χ4v) is 3.84. The SMILES string of the molecule is Cc1cccc(CNC(=O)N[C@H]2COC3[C@H](/C=C\c4ccccc4)CO[C@@H]32)c1. The minimum Gasteiger partial charge on any atom is -0.373 e. The summed E-state index contributed by atoms with van der Waals surface area (Å²) < 4.78 is 11.9. The fourth-order valence-electron chi connectivity index (χ4n) is 3.84. The van der Waals surface area contributed by atoms with E-state index in [2.05, 4.69) is 41.0 Å². The average Bonchev–Trinajstić information content (AvgIpc) is 3.29. The maximum Gasteiger partial charge on any atom is 0.315 e. The molecule has 2 saturated heterocycles. The Bertz CT molecular complexity index is 837. The van der Waals surface area contributed by atoms with Crippen molar-refractivity contribution in [2.45, 2.75) is 31.7 Å². The van der Waals surface area contributed by atoms with Crippen molar-refractivity contribution < 1.29 is 14.3 Å². The summed E-state index contributed by atoms with van der Waals surface area (Å²) in [4.78, 5) is 12.3. The van der Waals surface area contributed by atoms with Crippen molar-refractivity contribution in [1.29, 1.82) is 0 Å². The lowest BCUT2D eigenvalue weighted by atomic mass is 9.99. The fraction of sp³-hybridized carbons (Fsp3) is 0.348. The second-order valence-electron chi connectivity index (χ2n) is 7.45. The van der Waals surface area contributed by atoms with Crippen LogP contribution in [0.25, 0.3) is 6.08 Å². The molecule has 1 unspecified atom stereocenters. The Balaban J connectivity index is 1.28. The summed E-state index contributed by atoms with van der Waals surface area (Å²) in [6.07, 6.45) is 4.15. The number of amides is 2. The van der Waals surface area contributed by atoms with E-state index in [-0.39, 0.29) is 30.2 Å². The molecule has 0 aromatic heterocycles. The molecule has 2 aromatic carbocycles. The largest absolute Gasteiger partial charge is 0.373 e. The Morgan fingerprint density at radius 3 is 2.71 bits per heavy atom. The molecule has 0 aliphatic carbocycles. The summed E-state index contributed by atoms with van der Waals surface area (Å²) in [6.45, 7) is 3.63. The molecular weight excluding hydrogens is 352 g/mol. The molecule has 5 heteroatoms. The van der Waals surface area contributed by atoms with E-state index in [9.17, 15) is 4.79 Å². The zero-order valence-electron chi connectivity index (χ0n) is 16.0. The monoisotopic (exact) mass is 378 g/mol. The van der Waals surface area contributed by atoms with E-state index >= 15 is 0 Å². The minimum absolute atomic E-state index is 0.0120. The van der Waals surface area contributed by atoms with Crippen LogP contribution >= 0.6 is 0 Å². The first kappa shape index (κ1) is 18.7. The van der Waals surface area contributed by atoms with Crippen LogP contribution in [-0.4, -0.2) is 37.5 Å². The first-order chi connectivity index (χ1) is 13.7. The number of benzene rings is 2. The molecule has 2 amide bonds. The van der Waals surface area contributed by atoms with Crippen molar-refractivity contribution in [3.05, 3.63) is 77.4 Å². The van der Waals surface area contributed by atoms with Gasteiger partial charge in [-0.25, -0.2) is 4.79 Å². The van der Waals surface area contributed by atoms with Crippen molar-refractivity contribution in [3.63, 3.8) is 0 Å². The Kier molecular flexibility index (Phi) is 5.74. The molecule has 0 bridgehead atoms. The van der Waals surface area contributed by atoms with Crippen LogP contribution in [0.1, 0.15) is 16.7 Å². The van der Waals surface area contributed by atoms with Crippen LogP contribution in [0, 0.1) is 12.8 Å². The lowest BCUT2D eigenvalue weighted by Gasteiger charge is -2.18. The molecule has 2 N–H and O–H groups in total. The second kappa shape index (κ2) is 8.59. The molecule has 0 saturated carbocycles. The van der Waals surface area contributed by atoms with Crippen molar-refractivity contribution in [2.24, 2.45) is 5.92 Å². The average molecular weight is 378 g/mol. The highest BCUT2D eigenvalue weighted by Gasteiger charge is 2.47.